The van der Waals surface area contributed by atoms with E-state index in [9.17, 15) is 19.8 Å². The summed E-state index contributed by atoms with van der Waals surface area (Å²) in [6, 6.07) is 0. The van der Waals surface area contributed by atoms with Gasteiger partial charge in [-0.1, -0.05) is 49.4 Å². The fourth-order valence-electron chi connectivity index (χ4n) is 5.48. The predicted molar refractivity (Wildman–Crippen MR) is 115 cm³/mol. The summed E-state index contributed by atoms with van der Waals surface area (Å²) in [6.45, 7) is 11.5. The summed E-state index contributed by atoms with van der Waals surface area (Å²) >= 11 is 2.19. The minimum absolute atomic E-state index is 0.170. The molecule has 3 rings (SSSR count). The first kappa shape index (κ1) is 22.2. The third-order valence-corrected chi connectivity index (χ3v) is 10.2. The number of alkyl halides is 1. The van der Waals surface area contributed by atoms with Crippen LogP contribution < -0.4 is 0 Å². The normalized spacial score (nSPS) is 49.8. The van der Waals surface area contributed by atoms with Gasteiger partial charge in [-0.3, -0.25) is 9.59 Å². The van der Waals surface area contributed by atoms with E-state index in [4.69, 9.17) is 4.74 Å². The SMILES string of the molecule is C=C(C)[C@@H]1C[C@@H]2C[C@]2(C)CCC[C@]2(I)[C@H](O)[C@@H](C)C(=O)[C@@]2(C)[C@@H](O)CC(=O)O1. The maximum atomic E-state index is 13.1. The Morgan fingerprint density at radius 3 is 2.50 bits per heavy atom. The number of Topliss-reactive ketones (excluding diaryl/α,β-unsaturated/α-hetero) is 1. The van der Waals surface area contributed by atoms with E-state index >= 15 is 0 Å². The van der Waals surface area contributed by atoms with E-state index < -0.39 is 32.9 Å². The van der Waals surface area contributed by atoms with E-state index in [1.165, 1.54) is 0 Å². The van der Waals surface area contributed by atoms with Gasteiger partial charge in [-0.2, -0.15) is 0 Å². The van der Waals surface area contributed by atoms with Crippen LogP contribution in [0.4, 0.5) is 0 Å². The van der Waals surface area contributed by atoms with Gasteiger partial charge in [0.05, 0.1) is 27.5 Å². The number of rotatable bonds is 1. The van der Waals surface area contributed by atoms with Gasteiger partial charge >= 0.3 is 5.97 Å². The lowest BCUT2D eigenvalue weighted by atomic mass is 9.70. The van der Waals surface area contributed by atoms with Gasteiger partial charge < -0.3 is 14.9 Å². The molecule has 5 nitrogen and oxygen atoms in total. The molecule has 0 aromatic heterocycles. The molecule has 0 spiro atoms. The summed E-state index contributed by atoms with van der Waals surface area (Å²) < 4.78 is 4.88. The number of esters is 1. The molecule has 8 atom stereocenters. The Morgan fingerprint density at radius 1 is 1.25 bits per heavy atom. The molecule has 158 valence electrons. The van der Waals surface area contributed by atoms with Gasteiger partial charge in [0.15, 0.2) is 0 Å². The van der Waals surface area contributed by atoms with Crippen molar-refractivity contribution in [3.05, 3.63) is 12.2 Å². The van der Waals surface area contributed by atoms with Gasteiger partial charge in [-0.15, -0.1) is 0 Å². The fraction of sp³-hybridized carbons (Fsp3) is 0.818. The van der Waals surface area contributed by atoms with Crippen LogP contribution in [0.15, 0.2) is 12.2 Å². The molecule has 0 unspecified atom stereocenters. The standard InChI is InChI=1S/C22H33IO5/c1-12(2)15-9-14-11-20(14,4)7-6-8-22(23)19(27)13(3)18(26)21(22,5)16(24)10-17(25)28-15/h13-16,19,24,27H,1,6-11H2,2-5H3/t13-,14+,15-,16-,19+,20-,21+,22-/m0/s1. The van der Waals surface area contributed by atoms with Crippen LogP contribution in [0.25, 0.3) is 0 Å². The highest BCUT2D eigenvalue weighted by atomic mass is 127. The number of ketones is 1. The van der Waals surface area contributed by atoms with Crippen molar-refractivity contribution in [3.8, 4) is 0 Å². The van der Waals surface area contributed by atoms with Crippen LogP contribution in [0.1, 0.15) is 66.2 Å². The van der Waals surface area contributed by atoms with Gasteiger partial charge in [0.25, 0.3) is 0 Å². The van der Waals surface area contributed by atoms with Crippen LogP contribution in [0, 0.1) is 22.7 Å². The Morgan fingerprint density at radius 2 is 1.89 bits per heavy atom. The zero-order valence-corrected chi connectivity index (χ0v) is 19.5. The number of aliphatic hydroxyl groups is 2. The molecule has 1 heterocycles. The van der Waals surface area contributed by atoms with E-state index in [1.54, 1.807) is 13.8 Å². The quantitative estimate of drug-likeness (QED) is 0.247. The Hall–Kier alpha value is -0.470. The Bertz CT molecular complexity index is 692. The van der Waals surface area contributed by atoms with E-state index in [1.807, 2.05) is 6.92 Å². The van der Waals surface area contributed by atoms with E-state index in [0.717, 1.165) is 31.3 Å². The lowest BCUT2D eigenvalue weighted by molar-refractivity contribution is -0.153. The molecule has 1 aliphatic heterocycles. The number of ether oxygens (including phenoxy) is 1. The summed E-state index contributed by atoms with van der Waals surface area (Å²) in [5.41, 5.74) is -0.181. The second-order valence-electron chi connectivity index (χ2n) is 9.85. The van der Waals surface area contributed by atoms with Crippen LogP contribution in [-0.4, -0.2) is 43.7 Å². The summed E-state index contributed by atoms with van der Waals surface area (Å²) in [7, 11) is 0. The molecule has 0 aromatic carbocycles. The first-order chi connectivity index (χ1) is 12.9. The van der Waals surface area contributed by atoms with Gasteiger partial charge in [0.1, 0.15) is 11.9 Å². The molecule has 2 N–H and O–H groups in total. The highest BCUT2D eigenvalue weighted by Gasteiger charge is 2.67. The minimum atomic E-state index is -1.19. The highest BCUT2D eigenvalue weighted by Crippen LogP contribution is 2.61. The average molecular weight is 504 g/mol. The maximum Gasteiger partial charge on any atom is 0.309 e. The van der Waals surface area contributed by atoms with Crippen LogP contribution in [0.5, 0.6) is 0 Å². The van der Waals surface area contributed by atoms with Crippen LogP contribution >= 0.6 is 22.6 Å². The van der Waals surface area contributed by atoms with E-state index in [2.05, 4.69) is 36.1 Å². The smallest absolute Gasteiger partial charge is 0.309 e. The molecule has 0 radical (unpaired) electrons. The first-order valence-corrected chi connectivity index (χ1v) is 11.4. The molecular formula is C22H33IO5. The molecular weight excluding hydrogens is 471 g/mol. The number of carbonyl (C=O) groups is 2. The molecule has 0 amide bonds. The largest absolute Gasteiger partial charge is 0.458 e. The van der Waals surface area contributed by atoms with E-state index in [0.29, 0.717) is 12.3 Å². The van der Waals surface area contributed by atoms with Crippen molar-refractivity contribution in [2.24, 2.45) is 22.7 Å². The minimum Gasteiger partial charge on any atom is -0.458 e. The van der Waals surface area contributed by atoms with Gasteiger partial charge in [0, 0.05) is 5.92 Å². The van der Waals surface area contributed by atoms with E-state index in [-0.39, 0.29) is 23.7 Å². The molecule has 2 aliphatic carbocycles. The monoisotopic (exact) mass is 504 g/mol. The summed E-state index contributed by atoms with van der Waals surface area (Å²) in [6.07, 6.45) is 1.74. The highest BCUT2D eigenvalue weighted by molar-refractivity contribution is 14.1. The third-order valence-electron chi connectivity index (χ3n) is 7.91. The second-order valence-corrected chi connectivity index (χ2v) is 11.8. The van der Waals surface area contributed by atoms with Crippen molar-refractivity contribution in [1.82, 2.24) is 0 Å². The number of hydrogen-bond acceptors (Lipinski definition) is 5. The van der Waals surface area contributed by atoms with Gasteiger partial charge in [0.2, 0.25) is 0 Å². The van der Waals surface area contributed by atoms with Crippen molar-refractivity contribution in [2.45, 2.75) is 88.0 Å². The van der Waals surface area contributed by atoms with Crippen LogP contribution in [0.3, 0.4) is 0 Å². The first-order valence-electron chi connectivity index (χ1n) is 10.3. The summed E-state index contributed by atoms with van der Waals surface area (Å²) in [5.74, 6) is -0.758. The second kappa shape index (κ2) is 7.34. The fourth-order valence-corrected chi connectivity index (χ4v) is 7.02. The molecule has 2 saturated carbocycles. The summed E-state index contributed by atoms with van der Waals surface area (Å²) in [4.78, 5) is 25.7. The number of fused-ring (bicyclic) bond motifs is 2. The number of halogens is 1. The zero-order chi connectivity index (χ0) is 21.1. The van der Waals surface area contributed by atoms with Crippen molar-refractivity contribution in [3.63, 3.8) is 0 Å². The van der Waals surface area contributed by atoms with Crippen LogP contribution in [0.2, 0.25) is 0 Å². The molecule has 3 aliphatic rings. The molecule has 3 fully saturated rings. The molecule has 6 heteroatoms. The van der Waals surface area contributed by atoms with Crippen molar-refractivity contribution in [1.29, 1.82) is 0 Å². The molecule has 0 bridgehead atoms. The number of carbonyl (C=O) groups excluding carboxylic acids is 2. The molecule has 0 aromatic rings. The van der Waals surface area contributed by atoms with Gasteiger partial charge in [-0.25, -0.2) is 0 Å². The third kappa shape index (κ3) is 3.37. The number of aliphatic hydroxyl groups excluding tert-OH is 2. The Labute approximate surface area is 181 Å². The number of hydrogen-bond donors (Lipinski definition) is 2. The van der Waals surface area contributed by atoms with Crippen LogP contribution in [-0.2, 0) is 14.3 Å². The summed E-state index contributed by atoms with van der Waals surface area (Å²) in [5, 5.41) is 21.9. The lowest BCUT2D eigenvalue weighted by Gasteiger charge is -2.43. The Balaban J connectivity index is 1.95. The molecule has 28 heavy (non-hydrogen) atoms. The van der Waals surface area contributed by atoms with Crippen molar-refractivity contribution in [2.75, 3.05) is 0 Å². The zero-order valence-electron chi connectivity index (χ0n) is 17.3. The average Bonchev–Trinajstić information content (AvgIpc) is 3.22. The Kier molecular flexibility index (Phi) is 5.83. The van der Waals surface area contributed by atoms with Gasteiger partial charge in [-0.05, 0) is 56.4 Å². The predicted octanol–water partition coefficient (Wildman–Crippen LogP) is 3.59. The molecule has 1 saturated heterocycles. The number of cyclic esters (lactones) is 1. The maximum absolute atomic E-state index is 13.1. The van der Waals surface area contributed by atoms with Crippen molar-refractivity contribution < 1.29 is 24.5 Å². The topological polar surface area (TPSA) is 83.8 Å². The van der Waals surface area contributed by atoms with Crippen molar-refractivity contribution >= 4 is 34.3 Å². The lowest BCUT2D eigenvalue weighted by Crippen LogP contribution is -2.53.